The fraction of sp³-hybridized carbons (Fsp3) is 0.500. The van der Waals surface area contributed by atoms with Crippen molar-refractivity contribution in [3.8, 4) is 0 Å². The molecule has 0 radical (unpaired) electrons. The van der Waals surface area contributed by atoms with Crippen LogP contribution in [0.15, 0.2) is 24.5 Å². The summed E-state index contributed by atoms with van der Waals surface area (Å²) in [5.74, 6) is 0.0240. The molecular formula is C12H19N3O. The Bertz CT molecular complexity index is 324. The molecule has 0 aliphatic carbocycles. The van der Waals surface area contributed by atoms with Gasteiger partial charge in [-0.3, -0.25) is 9.78 Å². The summed E-state index contributed by atoms with van der Waals surface area (Å²) in [7, 11) is 0. The number of aromatic nitrogens is 1. The average molecular weight is 221 g/mol. The first kappa shape index (κ1) is 12.6. The Kier molecular flexibility index (Phi) is 4.92. The molecule has 0 aromatic carbocycles. The largest absolute Gasteiger partial charge is 0.353 e. The van der Waals surface area contributed by atoms with Crippen molar-refractivity contribution in [2.75, 3.05) is 6.54 Å². The van der Waals surface area contributed by atoms with E-state index in [0.29, 0.717) is 6.54 Å². The van der Waals surface area contributed by atoms with Gasteiger partial charge in [-0.25, -0.2) is 0 Å². The third-order valence-corrected chi connectivity index (χ3v) is 2.22. The molecule has 0 bridgehead atoms. The van der Waals surface area contributed by atoms with Gasteiger partial charge >= 0.3 is 0 Å². The Labute approximate surface area is 96.5 Å². The van der Waals surface area contributed by atoms with Gasteiger partial charge in [-0.1, -0.05) is 0 Å². The molecule has 0 unspecified atom stereocenters. The van der Waals surface area contributed by atoms with E-state index in [0.717, 1.165) is 5.56 Å². The van der Waals surface area contributed by atoms with E-state index in [1.807, 2.05) is 32.9 Å². The Morgan fingerprint density at radius 1 is 1.31 bits per heavy atom. The first-order valence-corrected chi connectivity index (χ1v) is 5.52. The standard InChI is InChI=1S/C12H19N3O/c1-9(2)15-12(16)8-14-10(3)11-4-6-13-7-5-11/h4-7,9-10,14H,8H2,1-3H3,(H,15,16)/t10-/m1/s1. The number of nitrogens with zero attached hydrogens (tertiary/aromatic N) is 1. The summed E-state index contributed by atoms with van der Waals surface area (Å²) < 4.78 is 0. The van der Waals surface area contributed by atoms with Crippen LogP contribution in [0.4, 0.5) is 0 Å². The highest BCUT2D eigenvalue weighted by atomic mass is 16.1. The molecule has 0 spiro atoms. The van der Waals surface area contributed by atoms with Crippen molar-refractivity contribution in [1.29, 1.82) is 0 Å². The topological polar surface area (TPSA) is 54.0 Å². The van der Waals surface area contributed by atoms with Crippen LogP contribution >= 0.6 is 0 Å². The number of pyridine rings is 1. The second-order valence-corrected chi connectivity index (χ2v) is 4.11. The molecule has 0 saturated carbocycles. The van der Waals surface area contributed by atoms with Crippen LogP contribution in [0.2, 0.25) is 0 Å². The molecule has 4 heteroatoms. The van der Waals surface area contributed by atoms with Crippen molar-refractivity contribution in [2.45, 2.75) is 32.9 Å². The van der Waals surface area contributed by atoms with Gasteiger partial charge in [-0.15, -0.1) is 0 Å². The number of nitrogens with one attached hydrogen (secondary N) is 2. The molecule has 16 heavy (non-hydrogen) atoms. The van der Waals surface area contributed by atoms with Gasteiger partial charge in [-0.05, 0) is 38.5 Å². The molecule has 0 saturated heterocycles. The van der Waals surface area contributed by atoms with Crippen molar-refractivity contribution in [2.24, 2.45) is 0 Å². The van der Waals surface area contributed by atoms with Crippen molar-refractivity contribution in [1.82, 2.24) is 15.6 Å². The van der Waals surface area contributed by atoms with Gasteiger partial charge in [0.2, 0.25) is 5.91 Å². The van der Waals surface area contributed by atoms with Crippen LogP contribution in [0.5, 0.6) is 0 Å². The number of carbonyl (C=O) groups is 1. The molecule has 1 aromatic heterocycles. The van der Waals surface area contributed by atoms with Gasteiger partial charge in [0.1, 0.15) is 0 Å². The lowest BCUT2D eigenvalue weighted by molar-refractivity contribution is -0.120. The summed E-state index contributed by atoms with van der Waals surface area (Å²) in [6.07, 6.45) is 3.50. The normalized spacial score (nSPS) is 12.5. The maximum absolute atomic E-state index is 11.4. The third-order valence-electron chi connectivity index (χ3n) is 2.22. The smallest absolute Gasteiger partial charge is 0.234 e. The zero-order valence-corrected chi connectivity index (χ0v) is 10.0. The lowest BCUT2D eigenvalue weighted by Crippen LogP contribution is -2.38. The van der Waals surface area contributed by atoms with E-state index >= 15 is 0 Å². The number of carbonyl (C=O) groups excluding carboxylic acids is 1. The molecule has 2 N–H and O–H groups in total. The van der Waals surface area contributed by atoms with E-state index in [9.17, 15) is 4.79 Å². The molecule has 1 heterocycles. The van der Waals surface area contributed by atoms with E-state index < -0.39 is 0 Å². The summed E-state index contributed by atoms with van der Waals surface area (Å²) in [5.41, 5.74) is 1.13. The van der Waals surface area contributed by atoms with Crippen molar-refractivity contribution in [3.63, 3.8) is 0 Å². The van der Waals surface area contributed by atoms with E-state index in [-0.39, 0.29) is 18.0 Å². The predicted octanol–water partition coefficient (Wildman–Crippen LogP) is 1.26. The Morgan fingerprint density at radius 3 is 2.50 bits per heavy atom. The summed E-state index contributed by atoms with van der Waals surface area (Å²) >= 11 is 0. The maximum Gasteiger partial charge on any atom is 0.234 e. The van der Waals surface area contributed by atoms with Crippen LogP contribution in [0, 0.1) is 0 Å². The number of hydrogen-bond donors (Lipinski definition) is 2. The first-order chi connectivity index (χ1) is 7.59. The van der Waals surface area contributed by atoms with Gasteiger partial charge in [0.15, 0.2) is 0 Å². The van der Waals surface area contributed by atoms with Crippen molar-refractivity contribution < 1.29 is 4.79 Å². The fourth-order valence-electron chi connectivity index (χ4n) is 1.39. The predicted molar refractivity (Wildman–Crippen MR) is 63.9 cm³/mol. The molecule has 0 fully saturated rings. The Balaban J connectivity index is 2.36. The van der Waals surface area contributed by atoms with Crippen molar-refractivity contribution >= 4 is 5.91 Å². The minimum atomic E-state index is 0.0240. The van der Waals surface area contributed by atoms with Crippen LogP contribution < -0.4 is 10.6 Å². The number of rotatable bonds is 5. The van der Waals surface area contributed by atoms with E-state index in [1.165, 1.54) is 0 Å². The zero-order valence-electron chi connectivity index (χ0n) is 10.0. The van der Waals surface area contributed by atoms with Crippen LogP contribution in [-0.4, -0.2) is 23.5 Å². The SMILES string of the molecule is CC(C)NC(=O)CN[C@H](C)c1ccncc1. The third kappa shape index (κ3) is 4.40. The van der Waals surface area contributed by atoms with Crippen LogP contribution in [0.25, 0.3) is 0 Å². The number of amides is 1. The van der Waals surface area contributed by atoms with E-state index in [2.05, 4.69) is 15.6 Å². The molecule has 88 valence electrons. The van der Waals surface area contributed by atoms with Crippen LogP contribution in [0.3, 0.4) is 0 Å². The lowest BCUT2D eigenvalue weighted by Gasteiger charge is -2.14. The summed E-state index contributed by atoms with van der Waals surface area (Å²) in [6, 6.07) is 4.22. The fourth-order valence-corrected chi connectivity index (χ4v) is 1.39. The highest BCUT2D eigenvalue weighted by molar-refractivity contribution is 5.78. The van der Waals surface area contributed by atoms with E-state index in [4.69, 9.17) is 0 Å². The lowest BCUT2D eigenvalue weighted by atomic mass is 10.1. The van der Waals surface area contributed by atoms with E-state index in [1.54, 1.807) is 12.4 Å². The molecule has 4 nitrogen and oxygen atoms in total. The second kappa shape index (κ2) is 6.23. The minimum Gasteiger partial charge on any atom is -0.353 e. The molecule has 1 atom stereocenters. The minimum absolute atomic E-state index is 0.0240. The second-order valence-electron chi connectivity index (χ2n) is 4.11. The molecule has 1 rings (SSSR count). The van der Waals surface area contributed by atoms with Gasteiger partial charge < -0.3 is 10.6 Å². The zero-order chi connectivity index (χ0) is 12.0. The summed E-state index contributed by atoms with van der Waals surface area (Å²) in [5, 5.41) is 6.00. The molecule has 0 aliphatic rings. The van der Waals surface area contributed by atoms with Crippen LogP contribution in [0.1, 0.15) is 32.4 Å². The molecular weight excluding hydrogens is 202 g/mol. The first-order valence-electron chi connectivity index (χ1n) is 5.52. The summed E-state index contributed by atoms with van der Waals surface area (Å²) in [6.45, 7) is 6.26. The quantitative estimate of drug-likeness (QED) is 0.787. The highest BCUT2D eigenvalue weighted by Crippen LogP contribution is 2.09. The molecule has 1 amide bonds. The van der Waals surface area contributed by atoms with Crippen LogP contribution in [-0.2, 0) is 4.79 Å². The maximum atomic E-state index is 11.4. The molecule has 1 aromatic rings. The monoisotopic (exact) mass is 221 g/mol. The Morgan fingerprint density at radius 2 is 1.94 bits per heavy atom. The van der Waals surface area contributed by atoms with Gasteiger partial charge in [0.05, 0.1) is 6.54 Å². The van der Waals surface area contributed by atoms with Crippen molar-refractivity contribution in [3.05, 3.63) is 30.1 Å². The van der Waals surface area contributed by atoms with Gasteiger partial charge in [-0.2, -0.15) is 0 Å². The van der Waals surface area contributed by atoms with Gasteiger partial charge in [0, 0.05) is 24.5 Å². The van der Waals surface area contributed by atoms with Gasteiger partial charge in [0.25, 0.3) is 0 Å². The molecule has 0 aliphatic heterocycles. The highest BCUT2D eigenvalue weighted by Gasteiger charge is 2.07. The number of hydrogen-bond acceptors (Lipinski definition) is 3. The summed E-state index contributed by atoms with van der Waals surface area (Å²) in [4.78, 5) is 15.4. The average Bonchev–Trinajstić information content (AvgIpc) is 2.26. The Hall–Kier alpha value is -1.42.